The number of nitrogens with one attached hydrogen (secondary N) is 2. The van der Waals surface area contributed by atoms with E-state index in [1.165, 1.54) is 34.4 Å². The second kappa shape index (κ2) is 10.9. The highest BCUT2D eigenvalue weighted by molar-refractivity contribution is 7.89. The van der Waals surface area contributed by atoms with Crippen LogP contribution in [0.25, 0.3) is 0 Å². The van der Waals surface area contributed by atoms with Crippen LogP contribution in [0.1, 0.15) is 35.3 Å². The van der Waals surface area contributed by atoms with E-state index in [0.29, 0.717) is 22.7 Å². The van der Waals surface area contributed by atoms with E-state index in [-0.39, 0.29) is 16.4 Å². The van der Waals surface area contributed by atoms with Crippen LogP contribution in [0.2, 0.25) is 0 Å². The highest BCUT2D eigenvalue weighted by Gasteiger charge is 2.27. The number of rotatable bonds is 9. The van der Waals surface area contributed by atoms with Crippen LogP contribution in [0, 0.1) is 19.8 Å². The molecule has 0 aliphatic rings. The Balaban J connectivity index is 2.35. The number of anilines is 1. The van der Waals surface area contributed by atoms with Gasteiger partial charge in [-0.05, 0) is 55.2 Å². The third kappa shape index (κ3) is 6.06. The van der Waals surface area contributed by atoms with Gasteiger partial charge in [0.05, 0.1) is 19.1 Å². The second-order valence-electron chi connectivity index (χ2n) is 8.49. The lowest BCUT2D eigenvalue weighted by Gasteiger charge is -2.23. The van der Waals surface area contributed by atoms with Crippen molar-refractivity contribution in [1.82, 2.24) is 9.62 Å². The number of carbonyl (C=O) groups is 2. The molecule has 1 atom stereocenters. The van der Waals surface area contributed by atoms with E-state index >= 15 is 0 Å². The van der Waals surface area contributed by atoms with Crippen LogP contribution in [0.5, 0.6) is 11.5 Å². The fourth-order valence-electron chi connectivity index (χ4n) is 3.22. The molecule has 2 aromatic rings. The second-order valence-corrected chi connectivity index (χ2v) is 10.6. The van der Waals surface area contributed by atoms with E-state index < -0.39 is 27.9 Å². The lowest BCUT2D eigenvalue weighted by molar-refractivity contribution is -0.118. The first kappa shape index (κ1) is 27.1. The molecule has 0 fully saturated rings. The monoisotopic (exact) mass is 491 g/mol. The van der Waals surface area contributed by atoms with Gasteiger partial charge in [0.15, 0.2) is 0 Å². The predicted molar refractivity (Wildman–Crippen MR) is 131 cm³/mol. The summed E-state index contributed by atoms with van der Waals surface area (Å²) in [6.45, 7) is 7.18. The molecule has 2 aromatic carbocycles. The van der Waals surface area contributed by atoms with Crippen molar-refractivity contribution in [3.8, 4) is 11.5 Å². The molecule has 10 heteroatoms. The fourth-order valence-corrected chi connectivity index (χ4v) is 4.24. The van der Waals surface area contributed by atoms with Crippen LogP contribution < -0.4 is 20.1 Å². The highest BCUT2D eigenvalue weighted by atomic mass is 32.2. The van der Waals surface area contributed by atoms with Crippen molar-refractivity contribution in [2.75, 3.05) is 33.6 Å². The summed E-state index contributed by atoms with van der Waals surface area (Å²) < 4.78 is 36.8. The highest BCUT2D eigenvalue weighted by Crippen LogP contribution is 2.26. The van der Waals surface area contributed by atoms with Gasteiger partial charge in [0, 0.05) is 31.4 Å². The van der Waals surface area contributed by atoms with Crippen molar-refractivity contribution in [3.63, 3.8) is 0 Å². The molecule has 2 rings (SSSR count). The first-order valence-electron chi connectivity index (χ1n) is 10.7. The fraction of sp³-hybridized carbons (Fsp3) is 0.417. The quantitative estimate of drug-likeness (QED) is 0.558. The first-order chi connectivity index (χ1) is 15.8. The summed E-state index contributed by atoms with van der Waals surface area (Å²) >= 11 is 0. The van der Waals surface area contributed by atoms with Crippen molar-refractivity contribution in [3.05, 3.63) is 47.0 Å². The smallest absolute Gasteiger partial charge is 0.252 e. The molecule has 0 radical (unpaired) electrons. The number of methoxy groups -OCH3 is 2. The molecule has 2 amide bonds. The maximum absolute atomic E-state index is 13.2. The molecule has 0 aliphatic heterocycles. The Morgan fingerprint density at radius 1 is 0.941 bits per heavy atom. The van der Waals surface area contributed by atoms with Crippen LogP contribution in [0.3, 0.4) is 0 Å². The average molecular weight is 492 g/mol. The van der Waals surface area contributed by atoms with E-state index in [1.807, 2.05) is 13.8 Å². The van der Waals surface area contributed by atoms with E-state index in [9.17, 15) is 18.0 Å². The molecule has 34 heavy (non-hydrogen) atoms. The minimum atomic E-state index is -3.69. The Morgan fingerprint density at radius 3 is 1.97 bits per heavy atom. The maximum atomic E-state index is 13.2. The van der Waals surface area contributed by atoms with E-state index in [2.05, 4.69) is 10.6 Å². The summed E-state index contributed by atoms with van der Waals surface area (Å²) in [4.78, 5) is 26.2. The van der Waals surface area contributed by atoms with Crippen molar-refractivity contribution >= 4 is 27.5 Å². The number of hydrogen-bond donors (Lipinski definition) is 2. The largest absolute Gasteiger partial charge is 0.497 e. The number of carbonyl (C=O) groups excluding carboxylic acids is 2. The van der Waals surface area contributed by atoms with E-state index in [4.69, 9.17) is 9.47 Å². The van der Waals surface area contributed by atoms with Gasteiger partial charge in [-0.15, -0.1) is 0 Å². The molecule has 0 spiro atoms. The average Bonchev–Trinajstić information content (AvgIpc) is 2.78. The van der Waals surface area contributed by atoms with Crippen molar-refractivity contribution in [1.29, 1.82) is 0 Å². The van der Waals surface area contributed by atoms with Gasteiger partial charge in [-0.1, -0.05) is 13.8 Å². The van der Waals surface area contributed by atoms with Crippen LogP contribution in [-0.4, -0.2) is 58.9 Å². The van der Waals surface area contributed by atoms with Crippen LogP contribution in [-0.2, 0) is 14.8 Å². The van der Waals surface area contributed by atoms with Gasteiger partial charge in [-0.3, -0.25) is 9.59 Å². The molecule has 0 saturated heterocycles. The van der Waals surface area contributed by atoms with Crippen molar-refractivity contribution in [2.24, 2.45) is 5.92 Å². The van der Waals surface area contributed by atoms with Gasteiger partial charge in [0.25, 0.3) is 5.91 Å². The summed E-state index contributed by atoms with van der Waals surface area (Å²) in [5.74, 6) is -0.283. The number of hydrogen-bond acceptors (Lipinski definition) is 6. The Bertz CT molecular complexity index is 1150. The molecule has 9 nitrogen and oxygen atoms in total. The molecule has 2 N–H and O–H groups in total. The summed E-state index contributed by atoms with van der Waals surface area (Å²) in [5.41, 5.74) is 2.10. The van der Waals surface area contributed by atoms with Crippen molar-refractivity contribution < 1.29 is 27.5 Å². The standard InChI is InChI=1S/C24H33N3O6S/c1-14(2)22(26-23(28)17-10-18(32-7)12-19(11-17)33-8)24(29)25-21-13-20(9-15(3)16(21)4)34(30,31)27(5)6/h9-14,22H,1-8H3,(H,25,29)(H,26,28)/t22-/m0/s1. The predicted octanol–water partition coefficient (Wildman–Crippen LogP) is 2.96. The first-order valence-corrected chi connectivity index (χ1v) is 12.1. The number of aryl methyl sites for hydroxylation is 1. The third-order valence-electron chi connectivity index (χ3n) is 5.53. The minimum absolute atomic E-state index is 0.0736. The molecule has 0 unspecified atom stereocenters. The molecular weight excluding hydrogens is 458 g/mol. The number of sulfonamides is 1. The molecule has 0 aliphatic carbocycles. The summed E-state index contributed by atoms with van der Waals surface area (Å²) in [6, 6.07) is 6.87. The van der Waals surface area contributed by atoms with Crippen LogP contribution in [0.4, 0.5) is 5.69 Å². The minimum Gasteiger partial charge on any atom is -0.497 e. The lowest BCUT2D eigenvalue weighted by atomic mass is 10.0. The van der Waals surface area contributed by atoms with E-state index in [0.717, 1.165) is 9.87 Å². The third-order valence-corrected chi connectivity index (χ3v) is 7.32. The van der Waals surface area contributed by atoms with Gasteiger partial charge >= 0.3 is 0 Å². The zero-order valence-corrected chi connectivity index (χ0v) is 21.7. The number of nitrogens with zero attached hydrogens (tertiary/aromatic N) is 1. The Labute approximate surface area is 201 Å². The van der Waals surface area contributed by atoms with Gasteiger partial charge in [-0.2, -0.15) is 0 Å². The number of ether oxygens (including phenoxy) is 2. The van der Waals surface area contributed by atoms with Gasteiger partial charge in [0.2, 0.25) is 15.9 Å². The number of benzene rings is 2. The Morgan fingerprint density at radius 2 is 1.50 bits per heavy atom. The van der Waals surface area contributed by atoms with Crippen molar-refractivity contribution in [2.45, 2.75) is 38.6 Å². The zero-order valence-electron chi connectivity index (χ0n) is 20.8. The molecule has 0 saturated carbocycles. The molecule has 0 aromatic heterocycles. The zero-order chi connectivity index (χ0) is 25.8. The summed E-state index contributed by atoms with van der Waals surface area (Å²) in [5, 5.41) is 5.56. The normalized spacial score (nSPS) is 12.4. The van der Waals surface area contributed by atoms with Crippen LogP contribution >= 0.6 is 0 Å². The number of amides is 2. The summed E-state index contributed by atoms with van der Waals surface area (Å²) in [7, 11) is 2.16. The Kier molecular flexibility index (Phi) is 8.68. The Hall–Kier alpha value is -3.11. The summed E-state index contributed by atoms with van der Waals surface area (Å²) in [6.07, 6.45) is 0. The maximum Gasteiger partial charge on any atom is 0.252 e. The molecular formula is C24H33N3O6S. The van der Waals surface area contributed by atoms with Crippen LogP contribution in [0.15, 0.2) is 35.2 Å². The van der Waals surface area contributed by atoms with E-state index in [1.54, 1.807) is 38.1 Å². The molecule has 186 valence electrons. The van der Waals surface area contributed by atoms with Gasteiger partial charge in [-0.25, -0.2) is 12.7 Å². The lowest BCUT2D eigenvalue weighted by Crippen LogP contribution is -2.47. The topological polar surface area (TPSA) is 114 Å². The van der Waals surface area contributed by atoms with Gasteiger partial charge < -0.3 is 20.1 Å². The molecule has 0 heterocycles. The van der Waals surface area contributed by atoms with Gasteiger partial charge in [0.1, 0.15) is 17.5 Å². The molecule has 0 bridgehead atoms. The SMILES string of the molecule is COc1cc(OC)cc(C(=O)N[C@H](C(=O)Nc2cc(S(=O)(=O)N(C)C)cc(C)c2C)C(C)C)c1.